The van der Waals surface area contributed by atoms with E-state index in [0.717, 1.165) is 12.2 Å². The Morgan fingerprint density at radius 1 is 1.33 bits per heavy atom. The van der Waals surface area contributed by atoms with Crippen molar-refractivity contribution in [2.45, 2.75) is 39.7 Å². The Balaban J connectivity index is 0.00000112. The molecule has 1 aliphatic rings. The van der Waals surface area contributed by atoms with Crippen LogP contribution in [0.5, 0.6) is 5.75 Å². The van der Waals surface area contributed by atoms with Crippen LogP contribution in [0.4, 0.5) is 0 Å². The molecule has 0 saturated heterocycles. The first-order valence-corrected chi connectivity index (χ1v) is 5.67. The summed E-state index contributed by atoms with van der Waals surface area (Å²) in [5.41, 5.74) is 3.89. The van der Waals surface area contributed by atoms with Gasteiger partial charge in [0.1, 0.15) is 11.4 Å². The molecule has 1 heterocycles. The molecule has 0 aromatic heterocycles. The number of aryl methyl sites for hydroxylation is 1. The fourth-order valence-corrected chi connectivity index (χ4v) is 2.38. The second-order valence-electron chi connectivity index (χ2n) is 4.65. The number of ether oxygens (including phenoxy) is 1. The zero-order valence-corrected chi connectivity index (χ0v) is 11.7. The largest absolute Gasteiger partial charge is 0.487 e. The number of hydrogen-bond donors (Lipinski definition) is 0. The first-order chi connectivity index (χ1) is 6.41. The molecule has 0 aliphatic carbocycles. The Morgan fingerprint density at radius 3 is 2.53 bits per heavy atom. The molecule has 0 atom stereocenters. The third-order valence-corrected chi connectivity index (χ3v) is 3.98. The Morgan fingerprint density at radius 2 is 1.93 bits per heavy atom. The second-order valence-corrected chi connectivity index (χ2v) is 5.44. The molecule has 0 bridgehead atoms. The monoisotopic (exact) mass is 261 g/mol. The van der Waals surface area contributed by atoms with Crippen LogP contribution in [0.3, 0.4) is 0 Å². The van der Waals surface area contributed by atoms with Gasteiger partial charge in [0.2, 0.25) is 0 Å². The maximum atomic E-state index is 5.89. The van der Waals surface area contributed by atoms with Crippen molar-refractivity contribution in [2.24, 2.45) is 0 Å². The van der Waals surface area contributed by atoms with Crippen LogP contribution < -0.4 is 4.74 Å². The van der Waals surface area contributed by atoms with E-state index in [-0.39, 0.29) is 24.5 Å². The Kier molecular flexibility index (Phi) is 3.65. The second kappa shape index (κ2) is 4.16. The van der Waals surface area contributed by atoms with E-state index in [1.165, 1.54) is 21.2 Å². The molecule has 0 spiro atoms. The van der Waals surface area contributed by atoms with Gasteiger partial charge in [-0.2, -0.15) is 0 Å². The van der Waals surface area contributed by atoms with E-state index in [4.69, 9.17) is 4.74 Å². The van der Waals surface area contributed by atoms with Crippen molar-refractivity contribution in [3.63, 3.8) is 0 Å². The zero-order valence-electron chi connectivity index (χ0n) is 10.1. The molecular formula is C12H15BrLiO. The van der Waals surface area contributed by atoms with Gasteiger partial charge in [0, 0.05) is 35.3 Å². The topological polar surface area (TPSA) is 9.23 Å². The summed E-state index contributed by atoms with van der Waals surface area (Å²) in [5.74, 6) is 1.06. The van der Waals surface area contributed by atoms with E-state index in [9.17, 15) is 0 Å². The number of rotatable bonds is 0. The molecule has 1 radical (unpaired) electrons. The molecule has 1 nitrogen and oxygen atoms in total. The predicted octanol–water partition coefficient (Wildman–Crippen LogP) is 3.40. The van der Waals surface area contributed by atoms with E-state index in [2.05, 4.69) is 49.7 Å². The standard InChI is InChI=1S/C12H15BrO.Li/c1-7-5-10-9(8(2)11(7)13)6-12(3,4)14-10;/h5H,6H2,1-4H3;. The minimum Gasteiger partial charge on any atom is -0.487 e. The molecule has 15 heavy (non-hydrogen) atoms. The quantitative estimate of drug-likeness (QED) is 0.651. The summed E-state index contributed by atoms with van der Waals surface area (Å²) in [6.45, 7) is 8.53. The first kappa shape index (κ1) is 13.2. The summed E-state index contributed by atoms with van der Waals surface area (Å²) in [7, 11) is 0. The van der Waals surface area contributed by atoms with Crippen LogP contribution in [-0.2, 0) is 6.42 Å². The summed E-state index contributed by atoms with van der Waals surface area (Å²) in [4.78, 5) is 0. The summed E-state index contributed by atoms with van der Waals surface area (Å²) in [6.07, 6.45) is 1.01. The number of benzene rings is 1. The summed E-state index contributed by atoms with van der Waals surface area (Å²) < 4.78 is 7.11. The van der Waals surface area contributed by atoms with Gasteiger partial charge >= 0.3 is 0 Å². The maximum Gasteiger partial charge on any atom is 0.124 e. The van der Waals surface area contributed by atoms with Crippen molar-refractivity contribution in [1.29, 1.82) is 0 Å². The summed E-state index contributed by atoms with van der Waals surface area (Å²) in [6, 6.07) is 2.13. The van der Waals surface area contributed by atoms with Gasteiger partial charge in [0.05, 0.1) is 0 Å². The fraction of sp³-hybridized carbons (Fsp3) is 0.500. The summed E-state index contributed by atoms with van der Waals surface area (Å²) >= 11 is 3.61. The summed E-state index contributed by atoms with van der Waals surface area (Å²) in [5, 5.41) is 0. The van der Waals surface area contributed by atoms with E-state index in [1.54, 1.807) is 0 Å². The van der Waals surface area contributed by atoms with Gasteiger partial charge in [0.25, 0.3) is 0 Å². The Labute approximate surface area is 112 Å². The molecule has 0 unspecified atom stereocenters. The van der Waals surface area contributed by atoms with Gasteiger partial charge in [-0.05, 0) is 44.9 Å². The van der Waals surface area contributed by atoms with Crippen molar-refractivity contribution < 1.29 is 4.74 Å². The van der Waals surface area contributed by atoms with Crippen molar-refractivity contribution in [3.05, 3.63) is 27.2 Å². The molecule has 0 fully saturated rings. The van der Waals surface area contributed by atoms with Crippen LogP contribution in [0.1, 0.15) is 30.5 Å². The minimum absolute atomic E-state index is 0. The van der Waals surface area contributed by atoms with Gasteiger partial charge in [-0.25, -0.2) is 0 Å². The van der Waals surface area contributed by atoms with Crippen molar-refractivity contribution >= 4 is 34.8 Å². The van der Waals surface area contributed by atoms with Crippen LogP contribution in [0.25, 0.3) is 0 Å². The SMILES string of the molecule is Cc1cc2c(c(C)c1Br)CC(C)(C)O2.[Li]. The van der Waals surface area contributed by atoms with Gasteiger partial charge in [-0.1, -0.05) is 15.9 Å². The molecule has 1 aromatic rings. The van der Waals surface area contributed by atoms with Gasteiger partial charge < -0.3 is 4.74 Å². The molecule has 2 rings (SSSR count). The molecule has 1 aromatic carbocycles. The van der Waals surface area contributed by atoms with Crippen LogP contribution in [-0.4, -0.2) is 24.5 Å². The van der Waals surface area contributed by atoms with Crippen LogP contribution in [0.15, 0.2) is 10.5 Å². The molecule has 0 N–H and O–H groups in total. The smallest absolute Gasteiger partial charge is 0.124 e. The average Bonchev–Trinajstić information content (AvgIpc) is 2.37. The van der Waals surface area contributed by atoms with E-state index >= 15 is 0 Å². The third-order valence-electron chi connectivity index (χ3n) is 2.76. The normalized spacial score (nSPS) is 16.6. The first-order valence-electron chi connectivity index (χ1n) is 4.88. The Bertz CT molecular complexity index is 399. The molecule has 77 valence electrons. The van der Waals surface area contributed by atoms with E-state index in [0.29, 0.717) is 0 Å². The van der Waals surface area contributed by atoms with Crippen LogP contribution >= 0.6 is 15.9 Å². The van der Waals surface area contributed by atoms with Crippen molar-refractivity contribution in [2.75, 3.05) is 0 Å². The van der Waals surface area contributed by atoms with Crippen LogP contribution in [0.2, 0.25) is 0 Å². The average molecular weight is 262 g/mol. The molecular weight excluding hydrogens is 247 g/mol. The molecule has 3 heteroatoms. The van der Waals surface area contributed by atoms with Crippen LogP contribution in [0, 0.1) is 13.8 Å². The number of fused-ring (bicyclic) bond motifs is 1. The third kappa shape index (κ3) is 2.28. The van der Waals surface area contributed by atoms with Crippen molar-refractivity contribution in [1.82, 2.24) is 0 Å². The predicted molar refractivity (Wildman–Crippen MR) is 67.8 cm³/mol. The minimum atomic E-state index is -0.0413. The fourth-order valence-electron chi connectivity index (χ4n) is 2.03. The van der Waals surface area contributed by atoms with E-state index < -0.39 is 0 Å². The van der Waals surface area contributed by atoms with Gasteiger partial charge in [0.15, 0.2) is 0 Å². The molecule has 0 amide bonds. The van der Waals surface area contributed by atoms with Crippen molar-refractivity contribution in [3.8, 4) is 5.75 Å². The maximum absolute atomic E-state index is 5.89. The Hall–Kier alpha value is 0.0974. The van der Waals surface area contributed by atoms with Gasteiger partial charge in [-0.15, -0.1) is 0 Å². The zero-order chi connectivity index (χ0) is 10.5. The number of halogens is 1. The number of hydrogen-bond acceptors (Lipinski definition) is 1. The van der Waals surface area contributed by atoms with Gasteiger partial charge in [-0.3, -0.25) is 0 Å². The molecule has 0 saturated carbocycles. The molecule has 1 aliphatic heterocycles. The van der Waals surface area contributed by atoms with E-state index in [1.807, 2.05) is 0 Å².